The van der Waals surface area contributed by atoms with Gasteiger partial charge in [-0.25, -0.2) is 0 Å². The zero-order valence-corrected chi connectivity index (χ0v) is 12.6. The molecule has 0 aliphatic heterocycles. The molecule has 2 N–H and O–H groups in total. The van der Waals surface area contributed by atoms with E-state index in [0.29, 0.717) is 13.0 Å². The predicted octanol–water partition coefficient (Wildman–Crippen LogP) is 3.44. The fourth-order valence-corrected chi connectivity index (χ4v) is 2.20. The first-order valence-corrected chi connectivity index (χ1v) is 7.38. The van der Waals surface area contributed by atoms with Crippen LogP contribution < -0.4 is 10.1 Å². The normalized spacial score (nSPS) is 12.4. The second-order valence-electron chi connectivity index (χ2n) is 5.34. The Morgan fingerprint density at radius 2 is 1.67 bits per heavy atom. The largest absolute Gasteiger partial charge is 0.493 e. The van der Waals surface area contributed by atoms with Crippen LogP contribution in [-0.4, -0.2) is 24.0 Å². The molecule has 0 spiro atoms. The van der Waals surface area contributed by atoms with Gasteiger partial charge in [-0.1, -0.05) is 48.5 Å². The van der Waals surface area contributed by atoms with Crippen LogP contribution in [0.4, 0.5) is 0 Å². The molecule has 3 heteroatoms. The van der Waals surface area contributed by atoms with Crippen LogP contribution in [0.25, 0.3) is 11.1 Å². The van der Waals surface area contributed by atoms with E-state index in [-0.39, 0.29) is 6.04 Å². The molecule has 0 fully saturated rings. The first kappa shape index (κ1) is 15.5. The van der Waals surface area contributed by atoms with Crippen LogP contribution in [0.15, 0.2) is 54.6 Å². The Bertz CT molecular complexity index is 540. The number of aliphatic hydroxyl groups is 1. The molecule has 2 rings (SSSR count). The summed E-state index contributed by atoms with van der Waals surface area (Å²) in [5, 5.41) is 12.8. The Labute approximate surface area is 126 Å². The molecule has 0 aliphatic carbocycles. The summed E-state index contributed by atoms with van der Waals surface area (Å²) in [6.07, 6.45) is 0.0234. The van der Waals surface area contributed by atoms with E-state index in [1.807, 2.05) is 56.3 Å². The SMILES string of the molecule is CC(C)NC(O)CCOc1ccccc1-c1ccccc1. The molecule has 0 radical (unpaired) electrons. The number of rotatable bonds is 7. The second-order valence-corrected chi connectivity index (χ2v) is 5.34. The van der Waals surface area contributed by atoms with Crippen molar-refractivity contribution in [3.05, 3.63) is 54.6 Å². The van der Waals surface area contributed by atoms with Gasteiger partial charge < -0.3 is 9.84 Å². The molecule has 3 nitrogen and oxygen atoms in total. The Hall–Kier alpha value is -1.84. The topological polar surface area (TPSA) is 41.5 Å². The highest BCUT2D eigenvalue weighted by atomic mass is 16.5. The summed E-state index contributed by atoms with van der Waals surface area (Å²) >= 11 is 0. The molecule has 0 amide bonds. The standard InChI is InChI=1S/C18H23NO2/c1-14(2)19-18(20)12-13-21-17-11-7-6-10-16(17)15-8-4-3-5-9-15/h3-11,14,18-20H,12-13H2,1-2H3. The first-order chi connectivity index (χ1) is 10.2. The quantitative estimate of drug-likeness (QED) is 0.766. The van der Waals surface area contributed by atoms with Gasteiger partial charge in [-0.3, -0.25) is 5.32 Å². The summed E-state index contributed by atoms with van der Waals surface area (Å²) in [6.45, 7) is 4.49. The molecule has 0 bridgehead atoms. The zero-order chi connectivity index (χ0) is 15.1. The molecule has 21 heavy (non-hydrogen) atoms. The average Bonchev–Trinajstić information content (AvgIpc) is 2.48. The van der Waals surface area contributed by atoms with Crippen LogP contribution in [0.5, 0.6) is 5.75 Å². The first-order valence-electron chi connectivity index (χ1n) is 7.38. The summed E-state index contributed by atoms with van der Waals surface area (Å²) in [4.78, 5) is 0. The highest BCUT2D eigenvalue weighted by Gasteiger charge is 2.08. The highest BCUT2D eigenvalue weighted by molar-refractivity contribution is 5.70. The summed E-state index contributed by atoms with van der Waals surface area (Å²) in [6, 6.07) is 18.4. The zero-order valence-electron chi connectivity index (χ0n) is 12.6. The Balaban J connectivity index is 1.98. The van der Waals surface area contributed by atoms with Gasteiger partial charge in [-0.2, -0.15) is 0 Å². The van der Waals surface area contributed by atoms with Gasteiger partial charge in [-0.05, 0) is 25.5 Å². The molecule has 1 unspecified atom stereocenters. The lowest BCUT2D eigenvalue weighted by molar-refractivity contribution is 0.0997. The minimum Gasteiger partial charge on any atom is -0.493 e. The van der Waals surface area contributed by atoms with E-state index in [9.17, 15) is 5.11 Å². The van der Waals surface area contributed by atoms with E-state index in [1.54, 1.807) is 0 Å². The van der Waals surface area contributed by atoms with E-state index >= 15 is 0 Å². The van der Waals surface area contributed by atoms with Crippen LogP contribution in [0.2, 0.25) is 0 Å². The minimum absolute atomic E-state index is 0.261. The van der Waals surface area contributed by atoms with Gasteiger partial charge in [0.1, 0.15) is 12.0 Å². The third-order valence-electron chi connectivity index (χ3n) is 3.15. The van der Waals surface area contributed by atoms with Gasteiger partial charge >= 0.3 is 0 Å². The fourth-order valence-electron chi connectivity index (χ4n) is 2.20. The summed E-state index contributed by atoms with van der Waals surface area (Å²) in [7, 11) is 0. The monoisotopic (exact) mass is 285 g/mol. The van der Waals surface area contributed by atoms with Crippen molar-refractivity contribution in [1.29, 1.82) is 0 Å². The van der Waals surface area contributed by atoms with Crippen molar-refractivity contribution >= 4 is 0 Å². The number of aliphatic hydroxyl groups excluding tert-OH is 1. The van der Waals surface area contributed by atoms with Crippen molar-refractivity contribution in [2.45, 2.75) is 32.5 Å². The van der Waals surface area contributed by atoms with Crippen LogP contribution in [0.1, 0.15) is 20.3 Å². The Kier molecular flexibility index (Phi) is 5.78. The maximum atomic E-state index is 9.79. The minimum atomic E-state index is -0.533. The molecule has 2 aromatic carbocycles. The Morgan fingerprint density at radius 3 is 2.38 bits per heavy atom. The van der Waals surface area contributed by atoms with Gasteiger partial charge in [0.15, 0.2) is 0 Å². The lowest BCUT2D eigenvalue weighted by Gasteiger charge is -2.17. The molecule has 0 saturated carbocycles. The number of hydrogen-bond donors (Lipinski definition) is 2. The Morgan fingerprint density at radius 1 is 1.00 bits per heavy atom. The smallest absolute Gasteiger partial charge is 0.127 e. The third-order valence-corrected chi connectivity index (χ3v) is 3.15. The average molecular weight is 285 g/mol. The molecule has 2 aromatic rings. The van der Waals surface area contributed by atoms with Gasteiger partial charge in [-0.15, -0.1) is 0 Å². The lowest BCUT2D eigenvalue weighted by Crippen LogP contribution is -2.35. The molecule has 0 saturated heterocycles. The maximum absolute atomic E-state index is 9.79. The van der Waals surface area contributed by atoms with E-state index in [4.69, 9.17) is 4.74 Å². The number of hydrogen-bond acceptors (Lipinski definition) is 3. The van der Waals surface area contributed by atoms with E-state index in [2.05, 4.69) is 17.4 Å². The van der Waals surface area contributed by atoms with Gasteiger partial charge in [0.25, 0.3) is 0 Å². The summed E-state index contributed by atoms with van der Waals surface area (Å²) < 4.78 is 5.84. The van der Waals surface area contributed by atoms with Crippen LogP contribution >= 0.6 is 0 Å². The van der Waals surface area contributed by atoms with Gasteiger partial charge in [0, 0.05) is 18.0 Å². The van der Waals surface area contributed by atoms with Crippen LogP contribution in [-0.2, 0) is 0 Å². The van der Waals surface area contributed by atoms with Crippen LogP contribution in [0.3, 0.4) is 0 Å². The molecule has 112 valence electrons. The molecular weight excluding hydrogens is 262 g/mol. The molecule has 0 heterocycles. The molecule has 1 atom stereocenters. The van der Waals surface area contributed by atoms with Crippen molar-refractivity contribution < 1.29 is 9.84 Å². The highest BCUT2D eigenvalue weighted by Crippen LogP contribution is 2.29. The number of benzene rings is 2. The summed E-state index contributed by atoms with van der Waals surface area (Å²) in [5.74, 6) is 0.848. The molecule has 0 aromatic heterocycles. The predicted molar refractivity (Wildman–Crippen MR) is 86.3 cm³/mol. The van der Waals surface area contributed by atoms with Gasteiger partial charge in [0.05, 0.1) is 6.61 Å². The van der Waals surface area contributed by atoms with Gasteiger partial charge in [0.2, 0.25) is 0 Å². The van der Waals surface area contributed by atoms with Crippen molar-refractivity contribution in [3.8, 4) is 16.9 Å². The van der Waals surface area contributed by atoms with E-state index < -0.39 is 6.23 Å². The van der Waals surface area contributed by atoms with E-state index in [0.717, 1.165) is 16.9 Å². The van der Waals surface area contributed by atoms with Crippen molar-refractivity contribution in [2.75, 3.05) is 6.61 Å². The van der Waals surface area contributed by atoms with Crippen LogP contribution in [0, 0.1) is 0 Å². The lowest BCUT2D eigenvalue weighted by atomic mass is 10.1. The number of para-hydroxylation sites is 1. The number of nitrogens with one attached hydrogen (secondary N) is 1. The summed E-state index contributed by atoms with van der Waals surface area (Å²) in [5.41, 5.74) is 2.21. The maximum Gasteiger partial charge on any atom is 0.127 e. The molecular formula is C18H23NO2. The van der Waals surface area contributed by atoms with Crippen molar-refractivity contribution in [1.82, 2.24) is 5.32 Å². The second kappa shape index (κ2) is 7.81. The third kappa shape index (κ3) is 4.88. The van der Waals surface area contributed by atoms with Crippen molar-refractivity contribution in [2.24, 2.45) is 0 Å². The van der Waals surface area contributed by atoms with E-state index in [1.165, 1.54) is 0 Å². The fraction of sp³-hybridized carbons (Fsp3) is 0.333. The number of ether oxygens (including phenoxy) is 1. The molecule has 0 aliphatic rings. The van der Waals surface area contributed by atoms with Crippen molar-refractivity contribution in [3.63, 3.8) is 0 Å².